The number of aliphatic hydroxyl groups excluding tert-OH is 1. The molecule has 5 heteroatoms. The summed E-state index contributed by atoms with van der Waals surface area (Å²) in [4.78, 5) is 0. The standard InChI is InChI=1S/C18H21BrO3S/c1-3-18(19,23(21,22)4-2)17(20)16-12-10-15(11-13-16)14-8-6-5-7-9-14/h5-13,17,20H,3-4H2,1-2H3. The molecule has 2 unspecified atom stereocenters. The number of rotatable bonds is 6. The van der Waals surface area contributed by atoms with E-state index in [1.54, 1.807) is 26.0 Å². The van der Waals surface area contributed by atoms with E-state index in [0.29, 0.717) is 5.56 Å². The monoisotopic (exact) mass is 396 g/mol. The van der Waals surface area contributed by atoms with E-state index in [-0.39, 0.29) is 12.2 Å². The molecule has 124 valence electrons. The van der Waals surface area contributed by atoms with Crippen molar-refractivity contribution in [2.45, 2.75) is 30.0 Å². The van der Waals surface area contributed by atoms with Crippen LogP contribution in [0.3, 0.4) is 0 Å². The normalized spacial score (nSPS) is 15.8. The maximum Gasteiger partial charge on any atom is 0.168 e. The topological polar surface area (TPSA) is 54.4 Å². The van der Waals surface area contributed by atoms with Gasteiger partial charge in [-0.15, -0.1) is 0 Å². The SMILES string of the molecule is CCC(Br)(C(O)c1ccc(-c2ccccc2)cc1)S(=O)(=O)CC. The average molecular weight is 397 g/mol. The van der Waals surface area contributed by atoms with Gasteiger partial charge in [0, 0.05) is 5.75 Å². The van der Waals surface area contributed by atoms with Crippen LogP contribution in [0, 0.1) is 0 Å². The lowest BCUT2D eigenvalue weighted by atomic mass is 10.00. The van der Waals surface area contributed by atoms with E-state index in [9.17, 15) is 13.5 Å². The van der Waals surface area contributed by atoms with Gasteiger partial charge < -0.3 is 5.11 Å². The van der Waals surface area contributed by atoms with E-state index in [1.807, 2.05) is 42.5 Å². The number of alkyl halides is 1. The molecule has 0 fully saturated rings. The second kappa shape index (κ2) is 7.16. The van der Waals surface area contributed by atoms with Crippen LogP contribution < -0.4 is 0 Å². The van der Waals surface area contributed by atoms with E-state index in [4.69, 9.17) is 0 Å². The highest BCUT2D eigenvalue weighted by atomic mass is 79.9. The highest BCUT2D eigenvalue weighted by molar-refractivity contribution is 9.11. The Hall–Kier alpha value is -1.17. The van der Waals surface area contributed by atoms with Crippen LogP contribution in [0.5, 0.6) is 0 Å². The number of benzene rings is 2. The molecule has 23 heavy (non-hydrogen) atoms. The molecule has 0 aliphatic carbocycles. The number of hydrogen-bond acceptors (Lipinski definition) is 3. The van der Waals surface area contributed by atoms with Crippen molar-refractivity contribution < 1.29 is 13.5 Å². The first-order chi connectivity index (χ1) is 10.9. The summed E-state index contributed by atoms with van der Waals surface area (Å²) in [6.45, 7) is 3.34. The van der Waals surface area contributed by atoms with Crippen molar-refractivity contribution in [2.24, 2.45) is 0 Å². The Balaban J connectivity index is 2.35. The Kier molecular flexibility index (Phi) is 5.65. The molecule has 2 atom stereocenters. The first-order valence-corrected chi connectivity index (χ1v) is 10.0. The van der Waals surface area contributed by atoms with Gasteiger partial charge in [-0.1, -0.05) is 84.4 Å². The van der Waals surface area contributed by atoms with Crippen LogP contribution in [0.2, 0.25) is 0 Å². The fraction of sp³-hybridized carbons (Fsp3) is 0.333. The summed E-state index contributed by atoms with van der Waals surface area (Å²) in [7, 11) is -3.45. The number of halogens is 1. The molecule has 2 aromatic carbocycles. The van der Waals surface area contributed by atoms with Crippen molar-refractivity contribution in [1.29, 1.82) is 0 Å². The van der Waals surface area contributed by atoms with E-state index < -0.39 is 19.6 Å². The van der Waals surface area contributed by atoms with Crippen LogP contribution in [-0.2, 0) is 9.84 Å². The predicted octanol–water partition coefficient (Wildman–Crippen LogP) is 4.32. The summed E-state index contributed by atoms with van der Waals surface area (Å²) in [5, 5.41) is 10.6. The van der Waals surface area contributed by atoms with Crippen LogP contribution in [0.15, 0.2) is 54.6 Å². The van der Waals surface area contributed by atoms with E-state index in [0.717, 1.165) is 11.1 Å². The van der Waals surface area contributed by atoms with Gasteiger partial charge >= 0.3 is 0 Å². The zero-order chi connectivity index (χ0) is 17.1. The molecule has 0 aliphatic heterocycles. The van der Waals surface area contributed by atoms with Crippen LogP contribution in [0.25, 0.3) is 11.1 Å². The number of sulfone groups is 1. The molecule has 0 bridgehead atoms. The highest BCUT2D eigenvalue weighted by Crippen LogP contribution is 2.42. The molecule has 0 aromatic heterocycles. The first kappa shape index (κ1) is 18.2. The van der Waals surface area contributed by atoms with E-state index in [1.165, 1.54) is 0 Å². The lowest BCUT2D eigenvalue weighted by Gasteiger charge is -2.31. The third-order valence-electron chi connectivity index (χ3n) is 4.12. The molecular formula is C18H21BrO3S. The fourth-order valence-electron chi connectivity index (χ4n) is 2.56. The minimum absolute atomic E-state index is 0.0226. The summed E-state index contributed by atoms with van der Waals surface area (Å²) >= 11 is 3.29. The Morgan fingerprint density at radius 1 is 1.00 bits per heavy atom. The predicted molar refractivity (Wildman–Crippen MR) is 98.2 cm³/mol. The minimum atomic E-state index is -3.45. The second-order valence-corrected chi connectivity index (χ2v) is 9.91. The Morgan fingerprint density at radius 3 is 2.00 bits per heavy atom. The van der Waals surface area contributed by atoms with Gasteiger partial charge in [-0.25, -0.2) is 8.42 Å². The van der Waals surface area contributed by atoms with Gasteiger partial charge in [0.15, 0.2) is 13.5 Å². The molecule has 0 aliphatic rings. The van der Waals surface area contributed by atoms with Gasteiger partial charge in [-0.2, -0.15) is 0 Å². The van der Waals surface area contributed by atoms with Crippen molar-refractivity contribution in [3.63, 3.8) is 0 Å². The Labute approximate surface area is 146 Å². The van der Waals surface area contributed by atoms with Crippen molar-refractivity contribution in [3.05, 3.63) is 60.2 Å². The van der Waals surface area contributed by atoms with Crippen molar-refractivity contribution >= 4 is 25.8 Å². The zero-order valence-corrected chi connectivity index (χ0v) is 15.6. The maximum atomic E-state index is 12.3. The molecule has 0 saturated heterocycles. The van der Waals surface area contributed by atoms with Crippen molar-refractivity contribution in [2.75, 3.05) is 5.75 Å². The Bertz CT molecular complexity index is 742. The van der Waals surface area contributed by atoms with Gasteiger partial charge in [0.25, 0.3) is 0 Å². The molecular weight excluding hydrogens is 376 g/mol. The zero-order valence-electron chi connectivity index (χ0n) is 13.2. The molecule has 3 nitrogen and oxygen atoms in total. The fourth-order valence-corrected chi connectivity index (χ4v) is 4.91. The summed E-state index contributed by atoms with van der Waals surface area (Å²) in [6.07, 6.45) is -0.840. The molecule has 0 amide bonds. The van der Waals surface area contributed by atoms with Crippen molar-refractivity contribution in [1.82, 2.24) is 0 Å². The molecule has 2 aromatic rings. The molecule has 0 spiro atoms. The third kappa shape index (κ3) is 3.52. The summed E-state index contributed by atoms with van der Waals surface area (Å²) in [5.41, 5.74) is 2.69. The number of hydrogen-bond donors (Lipinski definition) is 1. The van der Waals surface area contributed by atoms with Crippen LogP contribution in [0.1, 0.15) is 31.9 Å². The Morgan fingerprint density at radius 2 is 1.52 bits per heavy atom. The molecule has 0 saturated carbocycles. The van der Waals surface area contributed by atoms with Gasteiger partial charge in [0.2, 0.25) is 0 Å². The first-order valence-electron chi connectivity index (χ1n) is 7.60. The summed E-state index contributed by atoms with van der Waals surface area (Å²) in [6, 6.07) is 17.3. The van der Waals surface area contributed by atoms with Crippen LogP contribution in [-0.4, -0.2) is 22.9 Å². The number of aliphatic hydroxyl groups is 1. The van der Waals surface area contributed by atoms with Crippen LogP contribution >= 0.6 is 15.9 Å². The molecule has 1 N–H and O–H groups in total. The lowest BCUT2D eigenvalue weighted by molar-refractivity contribution is 0.160. The largest absolute Gasteiger partial charge is 0.386 e. The van der Waals surface area contributed by atoms with Gasteiger partial charge in [0.1, 0.15) is 6.10 Å². The van der Waals surface area contributed by atoms with Crippen LogP contribution in [0.4, 0.5) is 0 Å². The second-order valence-electron chi connectivity index (χ2n) is 5.43. The lowest BCUT2D eigenvalue weighted by Crippen LogP contribution is -2.39. The maximum absolute atomic E-state index is 12.3. The quantitative estimate of drug-likeness (QED) is 0.739. The van der Waals surface area contributed by atoms with Gasteiger partial charge in [0.05, 0.1) is 0 Å². The average Bonchev–Trinajstić information content (AvgIpc) is 2.61. The summed E-state index contributed by atoms with van der Waals surface area (Å²) < 4.78 is 23.3. The third-order valence-corrected chi connectivity index (χ3v) is 8.90. The smallest absolute Gasteiger partial charge is 0.168 e. The van der Waals surface area contributed by atoms with E-state index in [2.05, 4.69) is 15.9 Å². The highest BCUT2D eigenvalue weighted by Gasteiger charge is 2.45. The van der Waals surface area contributed by atoms with Gasteiger partial charge in [-0.3, -0.25) is 0 Å². The molecule has 0 heterocycles. The van der Waals surface area contributed by atoms with Gasteiger partial charge in [-0.05, 0) is 23.1 Å². The minimum Gasteiger partial charge on any atom is -0.386 e. The molecule has 0 radical (unpaired) electrons. The summed E-state index contributed by atoms with van der Waals surface area (Å²) in [5.74, 6) is -0.0226. The van der Waals surface area contributed by atoms with E-state index >= 15 is 0 Å². The molecule has 2 rings (SSSR count). The van der Waals surface area contributed by atoms with Crippen molar-refractivity contribution in [3.8, 4) is 11.1 Å².